The van der Waals surface area contributed by atoms with Crippen LogP contribution in [0.3, 0.4) is 0 Å². The molecule has 0 spiro atoms. The maximum atomic E-state index is 10.7. The lowest BCUT2D eigenvalue weighted by Gasteiger charge is -1.93. The summed E-state index contributed by atoms with van der Waals surface area (Å²) in [5.41, 5.74) is 0. The van der Waals surface area contributed by atoms with E-state index < -0.39 is 0 Å². The van der Waals surface area contributed by atoms with E-state index in [0.717, 1.165) is 0 Å². The van der Waals surface area contributed by atoms with Crippen molar-refractivity contribution in [3.05, 3.63) is 12.3 Å². The standard InChI is InChI=1S/C6H7N2O2/c1-2-6(9)7-5-3-4-10-8-5/h3H,2H2,1H3,(H,7,8,9). The third-order valence-corrected chi connectivity index (χ3v) is 0.981. The molecule has 1 heterocycles. The summed E-state index contributed by atoms with van der Waals surface area (Å²) in [4.78, 5) is 10.7. The molecule has 0 saturated carbocycles. The Labute approximate surface area is 58.2 Å². The number of anilines is 1. The number of hydrogen-bond acceptors (Lipinski definition) is 3. The van der Waals surface area contributed by atoms with Gasteiger partial charge in [-0.15, -0.1) is 0 Å². The van der Waals surface area contributed by atoms with Gasteiger partial charge >= 0.3 is 0 Å². The Morgan fingerprint density at radius 1 is 2.00 bits per heavy atom. The summed E-state index contributed by atoms with van der Waals surface area (Å²) < 4.78 is 4.37. The second-order valence-corrected chi connectivity index (χ2v) is 1.73. The highest BCUT2D eigenvalue weighted by molar-refractivity contribution is 5.89. The van der Waals surface area contributed by atoms with E-state index >= 15 is 0 Å². The summed E-state index contributed by atoms with van der Waals surface area (Å²) in [7, 11) is 0. The molecule has 0 fully saturated rings. The number of nitrogens with zero attached hydrogens (tertiary/aromatic N) is 1. The number of aromatic nitrogens is 1. The largest absolute Gasteiger partial charge is 0.351 e. The van der Waals surface area contributed by atoms with Gasteiger partial charge in [0.15, 0.2) is 5.82 Å². The third-order valence-electron chi connectivity index (χ3n) is 0.981. The number of nitrogens with one attached hydrogen (secondary N) is 1. The lowest BCUT2D eigenvalue weighted by Crippen LogP contribution is -2.09. The quantitative estimate of drug-likeness (QED) is 0.660. The normalized spacial score (nSPS) is 9.30. The van der Waals surface area contributed by atoms with E-state index in [1.165, 1.54) is 6.07 Å². The summed E-state index contributed by atoms with van der Waals surface area (Å²) in [6.07, 6.45) is 2.80. The van der Waals surface area contributed by atoms with Gasteiger partial charge in [0, 0.05) is 12.5 Å². The molecular formula is C6H7N2O2. The van der Waals surface area contributed by atoms with Gasteiger partial charge in [-0.3, -0.25) is 4.79 Å². The summed E-state index contributed by atoms with van der Waals surface area (Å²) >= 11 is 0. The van der Waals surface area contributed by atoms with Gasteiger partial charge in [0.25, 0.3) is 0 Å². The van der Waals surface area contributed by atoms with E-state index in [-0.39, 0.29) is 5.91 Å². The molecule has 0 unspecified atom stereocenters. The molecule has 4 nitrogen and oxygen atoms in total. The van der Waals surface area contributed by atoms with E-state index in [1.54, 1.807) is 6.92 Å². The van der Waals surface area contributed by atoms with E-state index in [0.29, 0.717) is 12.2 Å². The van der Waals surface area contributed by atoms with Gasteiger partial charge in [-0.2, -0.15) is 0 Å². The van der Waals surface area contributed by atoms with Crippen molar-refractivity contribution in [3.63, 3.8) is 0 Å². The zero-order valence-corrected chi connectivity index (χ0v) is 5.55. The van der Waals surface area contributed by atoms with Gasteiger partial charge in [0.2, 0.25) is 12.2 Å². The fraction of sp³-hybridized carbons (Fsp3) is 0.333. The first-order valence-electron chi connectivity index (χ1n) is 2.95. The smallest absolute Gasteiger partial charge is 0.225 e. The molecule has 53 valence electrons. The molecule has 0 aliphatic rings. The molecule has 0 saturated heterocycles. The second kappa shape index (κ2) is 3.00. The third kappa shape index (κ3) is 1.58. The van der Waals surface area contributed by atoms with Crippen LogP contribution in [-0.2, 0) is 4.79 Å². The van der Waals surface area contributed by atoms with E-state index in [4.69, 9.17) is 0 Å². The molecule has 1 aromatic rings. The minimum Gasteiger partial charge on any atom is -0.351 e. The van der Waals surface area contributed by atoms with Crippen molar-refractivity contribution in [1.29, 1.82) is 0 Å². The van der Waals surface area contributed by atoms with Crippen molar-refractivity contribution in [2.45, 2.75) is 13.3 Å². The molecule has 0 aliphatic carbocycles. The van der Waals surface area contributed by atoms with Crippen LogP contribution in [0.1, 0.15) is 13.3 Å². The Bertz CT molecular complexity index is 206. The molecule has 1 N–H and O–H groups in total. The minimum absolute atomic E-state index is 0.0812. The average molecular weight is 139 g/mol. The Morgan fingerprint density at radius 2 is 2.80 bits per heavy atom. The number of rotatable bonds is 2. The van der Waals surface area contributed by atoms with Gasteiger partial charge in [-0.1, -0.05) is 12.1 Å². The molecule has 0 aliphatic heterocycles. The van der Waals surface area contributed by atoms with Crippen molar-refractivity contribution in [2.75, 3.05) is 5.32 Å². The fourth-order valence-electron chi connectivity index (χ4n) is 0.474. The lowest BCUT2D eigenvalue weighted by atomic mass is 10.4. The number of carbonyl (C=O) groups is 1. The maximum absolute atomic E-state index is 10.7. The Balaban J connectivity index is 2.48. The van der Waals surface area contributed by atoms with Crippen LogP contribution in [-0.4, -0.2) is 11.1 Å². The summed E-state index contributed by atoms with van der Waals surface area (Å²) in [6, 6.07) is 1.47. The Kier molecular flexibility index (Phi) is 2.04. The topological polar surface area (TPSA) is 55.1 Å². The first-order chi connectivity index (χ1) is 4.83. The Hall–Kier alpha value is -1.32. The first-order valence-corrected chi connectivity index (χ1v) is 2.95. The number of carbonyl (C=O) groups excluding carboxylic acids is 1. The first kappa shape index (κ1) is 6.80. The van der Waals surface area contributed by atoms with Gasteiger partial charge in [0.1, 0.15) is 0 Å². The highest BCUT2D eigenvalue weighted by atomic mass is 16.5. The van der Waals surface area contributed by atoms with E-state index in [9.17, 15) is 4.79 Å². The van der Waals surface area contributed by atoms with E-state index in [2.05, 4.69) is 21.3 Å². The fourth-order valence-corrected chi connectivity index (χ4v) is 0.474. The highest BCUT2D eigenvalue weighted by Gasteiger charge is 1.99. The lowest BCUT2D eigenvalue weighted by molar-refractivity contribution is -0.115. The molecule has 1 aromatic heterocycles. The predicted octanol–water partition coefficient (Wildman–Crippen LogP) is 0.823. The zero-order chi connectivity index (χ0) is 7.40. The van der Waals surface area contributed by atoms with Gasteiger partial charge in [-0.05, 0) is 0 Å². The van der Waals surface area contributed by atoms with Crippen molar-refractivity contribution >= 4 is 11.7 Å². The Morgan fingerprint density at radius 3 is 3.30 bits per heavy atom. The zero-order valence-electron chi connectivity index (χ0n) is 5.55. The van der Waals surface area contributed by atoms with Crippen LogP contribution in [0, 0.1) is 6.26 Å². The molecule has 1 rings (SSSR count). The monoisotopic (exact) mass is 139 g/mol. The molecular weight excluding hydrogens is 132 g/mol. The molecule has 4 heteroatoms. The van der Waals surface area contributed by atoms with Gasteiger partial charge < -0.3 is 9.84 Å². The minimum atomic E-state index is -0.0812. The van der Waals surface area contributed by atoms with Crippen LogP contribution in [0.5, 0.6) is 0 Å². The number of hydrogen-bond donors (Lipinski definition) is 1. The molecule has 10 heavy (non-hydrogen) atoms. The average Bonchev–Trinajstić information content (AvgIpc) is 2.40. The van der Waals surface area contributed by atoms with Crippen LogP contribution in [0.25, 0.3) is 0 Å². The summed E-state index contributed by atoms with van der Waals surface area (Å²) in [5.74, 6) is 0.328. The van der Waals surface area contributed by atoms with Crippen LogP contribution in [0.15, 0.2) is 10.6 Å². The maximum Gasteiger partial charge on any atom is 0.225 e. The van der Waals surface area contributed by atoms with Crippen LogP contribution < -0.4 is 5.32 Å². The molecule has 0 atom stereocenters. The number of amides is 1. The van der Waals surface area contributed by atoms with Crippen molar-refractivity contribution in [1.82, 2.24) is 5.16 Å². The summed E-state index contributed by atoms with van der Waals surface area (Å²) in [6.45, 7) is 1.76. The highest BCUT2D eigenvalue weighted by Crippen LogP contribution is 1.99. The van der Waals surface area contributed by atoms with Gasteiger partial charge in [-0.25, -0.2) is 0 Å². The predicted molar refractivity (Wildman–Crippen MR) is 34.3 cm³/mol. The SMILES string of the molecule is CCC(=O)Nc1c[c]on1. The second-order valence-electron chi connectivity index (χ2n) is 1.73. The van der Waals surface area contributed by atoms with Crippen LogP contribution in [0.4, 0.5) is 5.82 Å². The van der Waals surface area contributed by atoms with Gasteiger partial charge in [0.05, 0.1) is 0 Å². The van der Waals surface area contributed by atoms with Crippen molar-refractivity contribution in [2.24, 2.45) is 0 Å². The van der Waals surface area contributed by atoms with Crippen LogP contribution >= 0.6 is 0 Å². The molecule has 1 amide bonds. The van der Waals surface area contributed by atoms with Crippen LogP contribution in [0.2, 0.25) is 0 Å². The van der Waals surface area contributed by atoms with Crippen molar-refractivity contribution in [3.8, 4) is 0 Å². The molecule has 0 aromatic carbocycles. The summed E-state index contributed by atoms with van der Waals surface area (Å²) in [5, 5.41) is 5.94. The molecule has 1 radical (unpaired) electrons. The van der Waals surface area contributed by atoms with E-state index in [1.807, 2.05) is 0 Å². The van der Waals surface area contributed by atoms with Crippen molar-refractivity contribution < 1.29 is 9.32 Å². The molecule has 0 bridgehead atoms.